The Morgan fingerprint density at radius 2 is 1.62 bits per heavy atom. The van der Waals surface area contributed by atoms with Crippen LogP contribution >= 0.6 is 0 Å². The fraction of sp³-hybridized carbons (Fsp3) is 0.0714. The summed E-state index contributed by atoms with van der Waals surface area (Å²) in [5.41, 5.74) is -0.887. The maximum absolute atomic E-state index is 12.4. The van der Waals surface area contributed by atoms with Gasteiger partial charge in [0, 0.05) is 18.2 Å². The summed E-state index contributed by atoms with van der Waals surface area (Å²) in [5.74, 6) is -2.03. The van der Waals surface area contributed by atoms with E-state index >= 15 is 0 Å². The lowest BCUT2D eigenvalue weighted by Gasteiger charge is -2.09. The minimum absolute atomic E-state index is 0.0750. The number of methoxy groups -OCH3 is 1. The van der Waals surface area contributed by atoms with Crippen molar-refractivity contribution in [1.29, 1.82) is 0 Å². The summed E-state index contributed by atoms with van der Waals surface area (Å²) in [6, 6.07) is 3.24. The van der Waals surface area contributed by atoms with Crippen LogP contribution in [-0.4, -0.2) is 27.5 Å². The summed E-state index contributed by atoms with van der Waals surface area (Å²) in [7, 11) is 1.22. The summed E-state index contributed by atoms with van der Waals surface area (Å²) in [6.45, 7) is 0. The third-order valence-electron chi connectivity index (χ3n) is 3.14. The smallest absolute Gasteiger partial charge is 0.208 e. The predicted molar refractivity (Wildman–Crippen MR) is 73.2 cm³/mol. The van der Waals surface area contributed by atoms with Gasteiger partial charge in [0.15, 0.2) is 11.5 Å². The number of rotatable bonds is 1. The SMILES string of the molecule is COc1c(O)cc2oc3cc(O)cc(O)c3c(=O)c2c1O. The van der Waals surface area contributed by atoms with E-state index in [1.165, 1.54) is 7.11 Å². The van der Waals surface area contributed by atoms with Crippen molar-refractivity contribution in [2.75, 3.05) is 7.11 Å². The Balaban J connectivity index is 2.61. The molecule has 1 heterocycles. The molecule has 0 atom stereocenters. The van der Waals surface area contributed by atoms with Crippen LogP contribution in [-0.2, 0) is 0 Å². The lowest BCUT2D eigenvalue weighted by Crippen LogP contribution is -2.03. The zero-order chi connectivity index (χ0) is 15.3. The molecule has 0 spiro atoms. The minimum atomic E-state index is -0.709. The van der Waals surface area contributed by atoms with Crippen LogP contribution < -0.4 is 10.2 Å². The molecule has 108 valence electrons. The quantitative estimate of drug-likeness (QED) is 0.504. The summed E-state index contributed by atoms with van der Waals surface area (Å²) in [5, 5.41) is 38.5. The van der Waals surface area contributed by atoms with E-state index in [1.807, 2.05) is 0 Å². The molecule has 0 aliphatic heterocycles. The van der Waals surface area contributed by atoms with Crippen molar-refractivity contribution in [1.82, 2.24) is 0 Å². The van der Waals surface area contributed by atoms with Crippen LogP contribution in [0.1, 0.15) is 0 Å². The van der Waals surface area contributed by atoms with Crippen LogP contribution in [0.2, 0.25) is 0 Å². The predicted octanol–water partition coefficient (Wildman–Crippen LogP) is 1.78. The molecule has 0 bridgehead atoms. The molecule has 1 aromatic heterocycles. The summed E-state index contributed by atoms with van der Waals surface area (Å²) >= 11 is 0. The van der Waals surface area contributed by atoms with Crippen LogP contribution in [0.5, 0.6) is 28.7 Å². The van der Waals surface area contributed by atoms with E-state index in [2.05, 4.69) is 0 Å². The first kappa shape index (κ1) is 12.9. The monoisotopic (exact) mass is 290 g/mol. The van der Waals surface area contributed by atoms with Gasteiger partial charge in [0.1, 0.15) is 33.4 Å². The van der Waals surface area contributed by atoms with E-state index < -0.39 is 22.7 Å². The van der Waals surface area contributed by atoms with E-state index in [9.17, 15) is 25.2 Å². The highest BCUT2D eigenvalue weighted by molar-refractivity contribution is 5.98. The van der Waals surface area contributed by atoms with E-state index in [1.54, 1.807) is 0 Å². The molecule has 2 aromatic carbocycles. The number of hydrogen-bond acceptors (Lipinski definition) is 7. The van der Waals surface area contributed by atoms with Gasteiger partial charge >= 0.3 is 0 Å². The molecule has 7 heteroatoms. The highest BCUT2D eigenvalue weighted by Crippen LogP contribution is 2.42. The molecule has 3 rings (SSSR count). The van der Waals surface area contributed by atoms with Crippen LogP contribution in [0.25, 0.3) is 21.9 Å². The van der Waals surface area contributed by atoms with Crippen molar-refractivity contribution in [3.8, 4) is 28.7 Å². The maximum Gasteiger partial charge on any atom is 0.208 e. The largest absolute Gasteiger partial charge is 0.508 e. The Bertz CT molecular complexity index is 940. The van der Waals surface area contributed by atoms with Crippen molar-refractivity contribution >= 4 is 21.9 Å². The van der Waals surface area contributed by atoms with Gasteiger partial charge in [-0.1, -0.05) is 0 Å². The van der Waals surface area contributed by atoms with Gasteiger partial charge in [0.05, 0.1) is 7.11 Å². The van der Waals surface area contributed by atoms with Gasteiger partial charge in [0.25, 0.3) is 0 Å². The molecular formula is C14H10O7. The van der Waals surface area contributed by atoms with Gasteiger partial charge < -0.3 is 29.6 Å². The lowest BCUT2D eigenvalue weighted by atomic mass is 10.1. The molecule has 0 radical (unpaired) electrons. The molecule has 0 fully saturated rings. The second-order valence-electron chi connectivity index (χ2n) is 4.42. The maximum atomic E-state index is 12.4. The molecular weight excluding hydrogens is 280 g/mol. The van der Waals surface area contributed by atoms with E-state index in [-0.39, 0.29) is 33.4 Å². The van der Waals surface area contributed by atoms with Gasteiger partial charge in [-0.3, -0.25) is 4.79 Å². The molecule has 0 saturated carbocycles. The molecule has 21 heavy (non-hydrogen) atoms. The molecule has 4 N–H and O–H groups in total. The fourth-order valence-electron chi connectivity index (χ4n) is 2.25. The Morgan fingerprint density at radius 1 is 0.952 bits per heavy atom. The number of fused-ring (bicyclic) bond motifs is 2. The zero-order valence-electron chi connectivity index (χ0n) is 10.7. The molecule has 0 aliphatic carbocycles. The average Bonchev–Trinajstić information content (AvgIpc) is 2.37. The lowest BCUT2D eigenvalue weighted by molar-refractivity contribution is 0.346. The first-order valence-electron chi connectivity index (χ1n) is 5.85. The number of ether oxygens (including phenoxy) is 1. The van der Waals surface area contributed by atoms with Crippen LogP contribution in [0.3, 0.4) is 0 Å². The van der Waals surface area contributed by atoms with Gasteiger partial charge in [-0.2, -0.15) is 0 Å². The molecule has 0 unspecified atom stereocenters. The average molecular weight is 290 g/mol. The molecule has 3 aromatic rings. The van der Waals surface area contributed by atoms with Crippen molar-refractivity contribution in [2.24, 2.45) is 0 Å². The molecule has 7 nitrogen and oxygen atoms in total. The Hall–Kier alpha value is -3.09. The van der Waals surface area contributed by atoms with Crippen LogP contribution in [0.15, 0.2) is 27.4 Å². The van der Waals surface area contributed by atoms with E-state index in [0.29, 0.717) is 0 Å². The van der Waals surface area contributed by atoms with Crippen molar-refractivity contribution in [3.63, 3.8) is 0 Å². The summed E-state index contributed by atoms with van der Waals surface area (Å²) in [6.07, 6.45) is 0. The zero-order valence-corrected chi connectivity index (χ0v) is 10.7. The molecule has 0 aliphatic rings. The number of phenols is 4. The number of aromatic hydroxyl groups is 4. The number of hydrogen-bond donors (Lipinski definition) is 4. The third-order valence-corrected chi connectivity index (χ3v) is 3.14. The molecule has 0 saturated heterocycles. The summed E-state index contributed by atoms with van der Waals surface area (Å²) in [4.78, 5) is 12.4. The second-order valence-corrected chi connectivity index (χ2v) is 4.42. The van der Waals surface area contributed by atoms with Crippen molar-refractivity contribution in [2.45, 2.75) is 0 Å². The van der Waals surface area contributed by atoms with Crippen molar-refractivity contribution < 1.29 is 29.6 Å². The molecule has 0 amide bonds. The Labute approximate surface area is 116 Å². The van der Waals surface area contributed by atoms with Gasteiger partial charge in [0.2, 0.25) is 11.2 Å². The Morgan fingerprint density at radius 3 is 2.29 bits per heavy atom. The third kappa shape index (κ3) is 1.71. The highest BCUT2D eigenvalue weighted by Gasteiger charge is 2.20. The normalized spacial score (nSPS) is 11.1. The van der Waals surface area contributed by atoms with Crippen LogP contribution in [0, 0.1) is 0 Å². The minimum Gasteiger partial charge on any atom is -0.508 e. The first-order chi connectivity index (χ1) is 9.93. The number of benzene rings is 2. The van der Waals surface area contributed by atoms with Gasteiger partial charge in [-0.05, 0) is 0 Å². The summed E-state index contributed by atoms with van der Waals surface area (Å²) < 4.78 is 10.2. The van der Waals surface area contributed by atoms with Crippen LogP contribution in [0.4, 0.5) is 0 Å². The van der Waals surface area contributed by atoms with E-state index in [0.717, 1.165) is 18.2 Å². The number of phenolic OH excluding ortho intramolecular Hbond substituents is 4. The van der Waals surface area contributed by atoms with E-state index in [4.69, 9.17) is 9.15 Å². The highest BCUT2D eigenvalue weighted by atomic mass is 16.5. The topological polar surface area (TPSA) is 120 Å². The second kappa shape index (κ2) is 4.20. The fourth-order valence-corrected chi connectivity index (χ4v) is 2.25. The van der Waals surface area contributed by atoms with Gasteiger partial charge in [-0.15, -0.1) is 0 Å². The van der Waals surface area contributed by atoms with Crippen molar-refractivity contribution in [3.05, 3.63) is 28.4 Å². The standard InChI is InChI=1S/C14H10O7/c1-20-14-7(17)4-9-11(13(14)19)12(18)10-6(16)2-5(15)3-8(10)21-9/h2-4,15-17,19H,1H3. The Kier molecular flexibility index (Phi) is 2.59. The first-order valence-corrected chi connectivity index (χ1v) is 5.85. The van der Waals surface area contributed by atoms with Gasteiger partial charge in [-0.25, -0.2) is 0 Å².